The molecule has 0 unspecified atom stereocenters. The van der Waals surface area contributed by atoms with Crippen LogP contribution in [0.5, 0.6) is 0 Å². The molecule has 2 amide bonds. The van der Waals surface area contributed by atoms with E-state index in [2.05, 4.69) is 34.6 Å². The van der Waals surface area contributed by atoms with Crippen molar-refractivity contribution in [3.05, 3.63) is 29.8 Å². The maximum atomic E-state index is 12.2. The van der Waals surface area contributed by atoms with E-state index in [4.69, 9.17) is 0 Å². The molecule has 6 nitrogen and oxygen atoms in total. The Morgan fingerprint density at radius 2 is 1.96 bits per heavy atom. The molecule has 0 atom stereocenters. The molecule has 1 aromatic carbocycles. The number of benzene rings is 1. The van der Waals surface area contributed by atoms with E-state index in [1.807, 2.05) is 19.1 Å². The van der Waals surface area contributed by atoms with E-state index in [1.165, 1.54) is 41.5 Å². The molecule has 1 aliphatic rings. The molecule has 2 aromatic rings. The fourth-order valence-corrected chi connectivity index (χ4v) is 4.52. The van der Waals surface area contributed by atoms with Crippen molar-refractivity contribution in [3.63, 3.8) is 0 Å². The third kappa shape index (κ3) is 5.78. The number of anilines is 2. The van der Waals surface area contributed by atoms with E-state index < -0.39 is 0 Å². The number of thioether (sulfide) groups is 1. The second-order valence-electron chi connectivity index (χ2n) is 6.84. The number of nitrogens with zero attached hydrogens (tertiary/aromatic N) is 3. The van der Waals surface area contributed by atoms with E-state index in [0.29, 0.717) is 15.9 Å². The highest BCUT2D eigenvalue weighted by Gasteiger charge is 2.35. The molecule has 28 heavy (non-hydrogen) atoms. The van der Waals surface area contributed by atoms with Crippen molar-refractivity contribution in [2.75, 3.05) is 16.0 Å². The third-order valence-electron chi connectivity index (χ3n) is 4.47. The first-order chi connectivity index (χ1) is 13.6. The predicted molar refractivity (Wildman–Crippen MR) is 115 cm³/mol. The zero-order valence-corrected chi connectivity index (χ0v) is 17.9. The van der Waals surface area contributed by atoms with Gasteiger partial charge in [0.05, 0.1) is 5.75 Å². The summed E-state index contributed by atoms with van der Waals surface area (Å²) in [4.78, 5) is 26.1. The van der Waals surface area contributed by atoms with Crippen LogP contribution in [0.25, 0.3) is 0 Å². The van der Waals surface area contributed by atoms with Gasteiger partial charge in [0.25, 0.3) is 0 Å². The summed E-state index contributed by atoms with van der Waals surface area (Å²) in [7, 11) is 0. The molecule has 150 valence electrons. The van der Waals surface area contributed by atoms with Crippen molar-refractivity contribution in [3.8, 4) is 0 Å². The van der Waals surface area contributed by atoms with E-state index >= 15 is 0 Å². The van der Waals surface area contributed by atoms with Crippen molar-refractivity contribution < 1.29 is 9.59 Å². The molecule has 0 radical (unpaired) electrons. The quantitative estimate of drug-likeness (QED) is 0.454. The van der Waals surface area contributed by atoms with Gasteiger partial charge in [0.15, 0.2) is 4.34 Å². The number of carbonyl (C=O) groups is 2. The zero-order chi connectivity index (χ0) is 19.9. The first-order valence-corrected chi connectivity index (χ1v) is 11.6. The van der Waals surface area contributed by atoms with E-state index in [0.717, 1.165) is 24.9 Å². The van der Waals surface area contributed by atoms with Gasteiger partial charge in [0.1, 0.15) is 0 Å². The van der Waals surface area contributed by atoms with Crippen LogP contribution in [-0.4, -0.2) is 33.8 Å². The lowest BCUT2D eigenvalue weighted by Gasteiger charge is -2.17. The average molecular weight is 419 g/mol. The molecule has 1 fully saturated rings. The van der Waals surface area contributed by atoms with Crippen LogP contribution in [0.3, 0.4) is 0 Å². The maximum absolute atomic E-state index is 12.2. The molecule has 8 heteroatoms. The average Bonchev–Trinajstić information content (AvgIpc) is 3.43. The summed E-state index contributed by atoms with van der Waals surface area (Å²) >= 11 is 2.72. The lowest BCUT2D eigenvalue weighted by atomic mass is 10.1. The molecule has 1 aromatic heterocycles. The Labute approximate surface area is 174 Å². The Hall–Kier alpha value is -1.93. The van der Waals surface area contributed by atoms with E-state index in [1.54, 1.807) is 4.90 Å². The van der Waals surface area contributed by atoms with Crippen LogP contribution in [0.2, 0.25) is 0 Å². The highest BCUT2D eigenvalue weighted by atomic mass is 32.2. The standard InChI is InChI=1S/C20H26N4O2S2/c1-3-5-6-14-7-9-15(10-8-14)21-17(25)13-27-20-23-22-19(28-20)24(16-11-12-16)18(26)4-2/h7-10,16H,3-6,11-13H2,1-2H3,(H,21,25). The number of hydrogen-bond acceptors (Lipinski definition) is 6. The van der Waals surface area contributed by atoms with Gasteiger partial charge in [-0.05, 0) is 43.4 Å². The van der Waals surface area contributed by atoms with Crippen LogP contribution in [0.4, 0.5) is 10.8 Å². The zero-order valence-electron chi connectivity index (χ0n) is 16.3. The van der Waals surface area contributed by atoms with Crippen LogP contribution in [0.1, 0.15) is 51.5 Å². The molecule has 1 aliphatic carbocycles. The van der Waals surface area contributed by atoms with Crippen molar-refractivity contribution >= 4 is 45.7 Å². The van der Waals surface area contributed by atoms with Gasteiger partial charge in [-0.2, -0.15) is 0 Å². The van der Waals surface area contributed by atoms with E-state index in [9.17, 15) is 9.59 Å². The van der Waals surface area contributed by atoms with Crippen molar-refractivity contribution in [2.24, 2.45) is 0 Å². The fraction of sp³-hybridized carbons (Fsp3) is 0.500. The molecule has 0 bridgehead atoms. The van der Waals surface area contributed by atoms with Crippen molar-refractivity contribution in [2.45, 2.75) is 62.8 Å². The van der Waals surface area contributed by atoms with Gasteiger partial charge >= 0.3 is 0 Å². The predicted octanol–water partition coefficient (Wildman–Crippen LogP) is 4.52. The maximum Gasteiger partial charge on any atom is 0.234 e. The molecular formula is C20H26N4O2S2. The molecule has 0 aliphatic heterocycles. The van der Waals surface area contributed by atoms with Gasteiger partial charge < -0.3 is 5.32 Å². The minimum Gasteiger partial charge on any atom is -0.325 e. The molecule has 0 spiro atoms. The Balaban J connectivity index is 1.49. The SMILES string of the molecule is CCCCc1ccc(NC(=O)CSc2nnc(N(C(=O)CC)C3CC3)s2)cc1. The minimum atomic E-state index is -0.0771. The molecular weight excluding hydrogens is 392 g/mol. The van der Waals surface area contributed by atoms with Gasteiger partial charge in [-0.25, -0.2) is 0 Å². The molecule has 3 rings (SSSR count). The Kier molecular flexibility index (Phi) is 7.44. The number of aryl methyl sites for hydroxylation is 1. The normalized spacial score (nSPS) is 13.4. The van der Waals surface area contributed by atoms with Gasteiger partial charge in [-0.1, -0.05) is 55.5 Å². The van der Waals surface area contributed by atoms with Gasteiger partial charge in [0.2, 0.25) is 16.9 Å². The molecule has 1 saturated carbocycles. The lowest BCUT2D eigenvalue weighted by molar-refractivity contribution is -0.118. The molecule has 1 heterocycles. The first-order valence-electron chi connectivity index (χ1n) is 9.77. The van der Waals surface area contributed by atoms with Gasteiger partial charge in [-0.15, -0.1) is 10.2 Å². The van der Waals surface area contributed by atoms with Crippen molar-refractivity contribution in [1.29, 1.82) is 0 Å². The summed E-state index contributed by atoms with van der Waals surface area (Å²) in [6, 6.07) is 8.28. The molecule has 1 N–H and O–H groups in total. The third-order valence-corrected chi connectivity index (χ3v) is 6.52. The summed E-state index contributed by atoms with van der Waals surface area (Å²) in [6.45, 7) is 4.04. The summed E-state index contributed by atoms with van der Waals surface area (Å²) < 4.78 is 0.703. The summed E-state index contributed by atoms with van der Waals surface area (Å²) in [5, 5.41) is 11.9. The van der Waals surface area contributed by atoms with Crippen LogP contribution in [0, 0.1) is 0 Å². The van der Waals surface area contributed by atoms with E-state index in [-0.39, 0.29) is 23.6 Å². The van der Waals surface area contributed by atoms with Crippen LogP contribution in [-0.2, 0) is 16.0 Å². The Bertz CT molecular complexity index is 803. The second kappa shape index (κ2) is 10.0. The topological polar surface area (TPSA) is 75.2 Å². The number of aromatic nitrogens is 2. The monoisotopic (exact) mass is 418 g/mol. The van der Waals surface area contributed by atoms with Gasteiger partial charge in [-0.3, -0.25) is 14.5 Å². The number of carbonyl (C=O) groups excluding carboxylic acids is 2. The highest BCUT2D eigenvalue weighted by molar-refractivity contribution is 8.01. The Morgan fingerprint density at radius 3 is 2.61 bits per heavy atom. The molecule has 0 saturated heterocycles. The number of amides is 2. The van der Waals surface area contributed by atoms with Crippen LogP contribution >= 0.6 is 23.1 Å². The number of unbranched alkanes of at least 4 members (excludes halogenated alkanes) is 1. The highest BCUT2D eigenvalue weighted by Crippen LogP contribution is 2.36. The van der Waals surface area contributed by atoms with Crippen LogP contribution in [0.15, 0.2) is 28.6 Å². The summed E-state index contributed by atoms with van der Waals surface area (Å²) in [5.74, 6) is 0.263. The summed E-state index contributed by atoms with van der Waals surface area (Å²) in [5.41, 5.74) is 2.09. The smallest absolute Gasteiger partial charge is 0.234 e. The summed E-state index contributed by atoms with van der Waals surface area (Å²) in [6.07, 6.45) is 5.92. The Morgan fingerprint density at radius 1 is 1.21 bits per heavy atom. The fourth-order valence-electron chi connectivity index (χ4n) is 2.79. The second-order valence-corrected chi connectivity index (χ2v) is 9.01. The number of hydrogen-bond donors (Lipinski definition) is 1. The first kappa shape index (κ1) is 20.8. The number of rotatable bonds is 10. The lowest BCUT2D eigenvalue weighted by Crippen LogP contribution is -2.32. The largest absolute Gasteiger partial charge is 0.325 e. The number of nitrogens with one attached hydrogen (secondary N) is 1. The minimum absolute atomic E-state index is 0.0771. The van der Waals surface area contributed by atoms with Crippen LogP contribution < -0.4 is 10.2 Å². The van der Waals surface area contributed by atoms with Gasteiger partial charge in [0, 0.05) is 18.2 Å². The van der Waals surface area contributed by atoms with Crippen molar-refractivity contribution in [1.82, 2.24) is 10.2 Å².